The Morgan fingerprint density at radius 2 is 2.14 bits per heavy atom. The minimum absolute atomic E-state index is 0.0194. The number of carbonyl (C=O) groups excluding carboxylic acids is 1. The fourth-order valence-electron chi connectivity index (χ4n) is 1.88. The Morgan fingerprint density at radius 1 is 1.43 bits per heavy atom. The van der Waals surface area contributed by atoms with E-state index in [9.17, 15) is 4.79 Å². The van der Waals surface area contributed by atoms with E-state index in [4.69, 9.17) is 0 Å². The van der Waals surface area contributed by atoms with Crippen LogP contribution in [0.4, 0.5) is 0 Å². The molecule has 14 heavy (non-hydrogen) atoms. The van der Waals surface area contributed by atoms with E-state index in [0.717, 1.165) is 17.7 Å². The van der Waals surface area contributed by atoms with Crippen molar-refractivity contribution in [2.45, 2.75) is 13.8 Å². The standard InChI is InChI=1S/C12H15NO/c1-12(2)6-4-5-9-8-13(3)11(14)10(9)7-12/h4-7H,8H2,1-3H3. The highest BCUT2D eigenvalue weighted by Crippen LogP contribution is 2.31. The third kappa shape index (κ3) is 1.41. The van der Waals surface area contributed by atoms with Crippen molar-refractivity contribution in [3.63, 3.8) is 0 Å². The van der Waals surface area contributed by atoms with Gasteiger partial charge in [-0.2, -0.15) is 0 Å². The highest BCUT2D eigenvalue weighted by Gasteiger charge is 2.30. The van der Waals surface area contributed by atoms with Gasteiger partial charge in [0.2, 0.25) is 0 Å². The zero-order valence-electron chi connectivity index (χ0n) is 8.87. The Morgan fingerprint density at radius 3 is 2.86 bits per heavy atom. The minimum atomic E-state index is -0.0194. The fraction of sp³-hybridized carbons (Fsp3) is 0.417. The number of carbonyl (C=O) groups is 1. The van der Waals surface area contributed by atoms with E-state index >= 15 is 0 Å². The van der Waals surface area contributed by atoms with Crippen molar-refractivity contribution in [2.24, 2.45) is 5.41 Å². The van der Waals surface area contributed by atoms with Crippen molar-refractivity contribution in [1.29, 1.82) is 0 Å². The highest BCUT2D eigenvalue weighted by molar-refractivity contribution is 6.01. The molecule has 0 aromatic carbocycles. The van der Waals surface area contributed by atoms with Gasteiger partial charge in [0.05, 0.1) is 0 Å². The smallest absolute Gasteiger partial charge is 0.253 e. The summed E-state index contributed by atoms with van der Waals surface area (Å²) in [7, 11) is 1.84. The lowest BCUT2D eigenvalue weighted by molar-refractivity contribution is -0.123. The molecule has 0 atom stereocenters. The van der Waals surface area contributed by atoms with Gasteiger partial charge in [-0.3, -0.25) is 4.79 Å². The van der Waals surface area contributed by atoms with Gasteiger partial charge in [-0.15, -0.1) is 0 Å². The number of likely N-dealkylation sites (tertiary alicyclic amines) is 1. The predicted molar refractivity (Wildman–Crippen MR) is 56.7 cm³/mol. The van der Waals surface area contributed by atoms with Crippen LogP contribution in [0.25, 0.3) is 0 Å². The second-order valence-electron chi connectivity index (χ2n) is 4.59. The summed E-state index contributed by atoms with van der Waals surface area (Å²) in [4.78, 5) is 13.5. The molecular weight excluding hydrogens is 174 g/mol. The molecule has 0 radical (unpaired) electrons. The molecule has 1 fully saturated rings. The number of likely N-dealkylation sites (N-methyl/N-ethyl adjacent to an activating group) is 1. The van der Waals surface area contributed by atoms with Crippen LogP contribution in [0, 0.1) is 5.41 Å². The van der Waals surface area contributed by atoms with Crippen molar-refractivity contribution in [3.05, 3.63) is 35.5 Å². The van der Waals surface area contributed by atoms with Crippen LogP contribution < -0.4 is 0 Å². The number of hydrogen-bond donors (Lipinski definition) is 0. The summed E-state index contributed by atoms with van der Waals surface area (Å²) in [5, 5.41) is 0. The zero-order valence-corrected chi connectivity index (χ0v) is 8.87. The van der Waals surface area contributed by atoms with E-state index < -0.39 is 0 Å². The molecule has 1 saturated heterocycles. The third-order valence-electron chi connectivity index (χ3n) is 2.67. The zero-order chi connectivity index (χ0) is 10.3. The minimum Gasteiger partial charge on any atom is -0.337 e. The van der Waals surface area contributed by atoms with Crippen LogP contribution in [0.2, 0.25) is 0 Å². The third-order valence-corrected chi connectivity index (χ3v) is 2.67. The number of allylic oxidation sites excluding steroid dienone is 4. The van der Waals surface area contributed by atoms with Gasteiger partial charge in [0.15, 0.2) is 0 Å². The molecule has 2 heteroatoms. The number of fused-ring (bicyclic) bond motifs is 1. The molecule has 1 aliphatic carbocycles. The molecule has 2 rings (SSSR count). The Balaban J connectivity index is 2.49. The van der Waals surface area contributed by atoms with Gasteiger partial charge in [0.25, 0.3) is 5.91 Å². The summed E-state index contributed by atoms with van der Waals surface area (Å²) in [5.41, 5.74) is 2.00. The van der Waals surface area contributed by atoms with Crippen LogP contribution in [-0.4, -0.2) is 24.4 Å². The Hall–Kier alpha value is -1.31. The SMILES string of the molecule is CN1CC2=CC=CC(C)(C)C=C2C1=O. The average molecular weight is 189 g/mol. The lowest BCUT2D eigenvalue weighted by Gasteiger charge is -2.14. The van der Waals surface area contributed by atoms with E-state index in [2.05, 4.69) is 26.0 Å². The number of nitrogens with zero attached hydrogens (tertiary/aromatic N) is 1. The summed E-state index contributed by atoms with van der Waals surface area (Å²) < 4.78 is 0. The second-order valence-corrected chi connectivity index (χ2v) is 4.59. The molecule has 0 N–H and O–H groups in total. The summed E-state index contributed by atoms with van der Waals surface area (Å²) in [6, 6.07) is 0. The first-order valence-electron chi connectivity index (χ1n) is 4.87. The maximum atomic E-state index is 11.8. The van der Waals surface area contributed by atoms with Gasteiger partial charge in [0, 0.05) is 24.6 Å². The van der Waals surface area contributed by atoms with Crippen LogP contribution in [0.5, 0.6) is 0 Å². The molecule has 0 bridgehead atoms. The maximum Gasteiger partial charge on any atom is 0.253 e. The molecule has 2 nitrogen and oxygen atoms in total. The quantitative estimate of drug-likeness (QED) is 0.570. The Kier molecular flexibility index (Phi) is 1.88. The van der Waals surface area contributed by atoms with Gasteiger partial charge in [-0.1, -0.05) is 38.2 Å². The van der Waals surface area contributed by atoms with Gasteiger partial charge in [-0.05, 0) is 5.57 Å². The van der Waals surface area contributed by atoms with Crippen molar-refractivity contribution in [1.82, 2.24) is 4.90 Å². The number of amides is 1. The van der Waals surface area contributed by atoms with Crippen molar-refractivity contribution >= 4 is 5.91 Å². The summed E-state index contributed by atoms with van der Waals surface area (Å²) in [6.45, 7) is 4.96. The summed E-state index contributed by atoms with van der Waals surface area (Å²) in [6.07, 6.45) is 8.28. The maximum absolute atomic E-state index is 11.8. The molecule has 1 amide bonds. The van der Waals surface area contributed by atoms with Crippen molar-refractivity contribution < 1.29 is 4.79 Å². The molecule has 0 aromatic rings. The van der Waals surface area contributed by atoms with E-state index in [1.807, 2.05) is 19.2 Å². The topological polar surface area (TPSA) is 20.3 Å². The highest BCUT2D eigenvalue weighted by atomic mass is 16.2. The normalized spacial score (nSPS) is 24.2. The largest absolute Gasteiger partial charge is 0.337 e. The van der Waals surface area contributed by atoms with Crippen LogP contribution in [-0.2, 0) is 4.79 Å². The number of hydrogen-bond acceptors (Lipinski definition) is 1. The summed E-state index contributed by atoms with van der Waals surface area (Å²) >= 11 is 0. The lowest BCUT2D eigenvalue weighted by Crippen LogP contribution is -2.19. The van der Waals surface area contributed by atoms with Gasteiger partial charge in [-0.25, -0.2) is 0 Å². The van der Waals surface area contributed by atoms with Crippen LogP contribution in [0.1, 0.15) is 13.8 Å². The molecule has 2 aliphatic rings. The Labute approximate surface area is 84.6 Å². The fourth-order valence-corrected chi connectivity index (χ4v) is 1.88. The van der Waals surface area contributed by atoms with Crippen LogP contribution in [0.3, 0.4) is 0 Å². The molecule has 1 aliphatic heterocycles. The predicted octanol–water partition coefficient (Wildman–Crippen LogP) is 1.91. The van der Waals surface area contributed by atoms with E-state index in [0.29, 0.717) is 0 Å². The molecule has 0 unspecified atom stereocenters. The van der Waals surface area contributed by atoms with E-state index in [-0.39, 0.29) is 11.3 Å². The van der Waals surface area contributed by atoms with E-state index in [1.165, 1.54) is 0 Å². The second kappa shape index (κ2) is 2.84. The first-order chi connectivity index (χ1) is 6.49. The van der Waals surface area contributed by atoms with Crippen LogP contribution in [0.15, 0.2) is 35.5 Å². The Bertz CT molecular complexity index is 372. The van der Waals surface area contributed by atoms with E-state index in [1.54, 1.807) is 4.90 Å². The summed E-state index contributed by atoms with van der Waals surface area (Å²) in [5.74, 6) is 0.146. The molecule has 0 spiro atoms. The molecule has 1 heterocycles. The van der Waals surface area contributed by atoms with Gasteiger partial charge >= 0.3 is 0 Å². The molecule has 0 aromatic heterocycles. The van der Waals surface area contributed by atoms with Gasteiger partial charge in [0.1, 0.15) is 0 Å². The molecule has 0 saturated carbocycles. The molecular formula is C12H15NO. The monoisotopic (exact) mass is 189 g/mol. The average Bonchev–Trinajstić information content (AvgIpc) is 2.30. The van der Waals surface area contributed by atoms with Crippen molar-refractivity contribution in [3.8, 4) is 0 Å². The van der Waals surface area contributed by atoms with Crippen molar-refractivity contribution in [2.75, 3.05) is 13.6 Å². The first-order valence-corrected chi connectivity index (χ1v) is 4.87. The van der Waals surface area contributed by atoms with Gasteiger partial charge < -0.3 is 4.90 Å². The molecule has 74 valence electrons. The number of rotatable bonds is 0. The lowest BCUT2D eigenvalue weighted by atomic mass is 9.90. The first kappa shape index (κ1) is 9.25. The van der Waals surface area contributed by atoms with Crippen LogP contribution >= 0.6 is 0 Å².